The van der Waals surface area contributed by atoms with Crippen molar-refractivity contribution >= 4 is 17.7 Å². The van der Waals surface area contributed by atoms with Crippen LogP contribution in [0.15, 0.2) is 66.8 Å². The normalized spacial score (nSPS) is 40.7. The van der Waals surface area contributed by atoms with E-state index in [1.54, 1.807) is 19.1 Å². The van der Waals surface area contributed by atoms with E-state index in [4.69, 9.17) is 4.74 Å². The lowest BCUT2D eigenvalue weighted by molar-refractivity contribution is -0.166. The number of ether oxygens (including phenoxy) is 1. The minimum absolute atomic E-state index is 0.287. The lowest BCUT2D eigenvalue weighted by Crippen LogP contribution is -2.60. The van der Waals surface area contributed by atoms with Crippen LogP contribution in [0.3, 0.4) is 0 Å². The summed E-state index contributed by atoms with van der Waals surface area (Å²) in [7, 11) is 0. The molecule has 0 aromatic heterocycles. The van der Waals surface area contributed by atoms with Crippen molar-refractivity contribution in [1.29, 1.82) is 0 Å². The summed E-state index contributed by atoms with van der Waals surface area (Å²) < 4.78 is 5.81. The molecule has 3 aliphatic rings. The van der Waals surface area contributed by atoms with Gasteiger partial charge in [-0.1, -0.05) is 62.9 Å². The Kier molecular flexibility index (Phi) is 7.32. The predicted molar refractivity (Wildman–Crippen MR) is 139 cm³/mol. The van der Waals surface area contributed by atoms with Gasteiger partial charge in [-0.15, -0.1) is 0 Å². The molecule has 1 aliphatic heterocycles. The average Bonchev–Trinajstić information content (AvgIpc) is 3.13. The SMILES string of the molecule is C=C1[C@@H](O)C2/C=C\C[C@H](C)C(=O)[C@](C)(O)C=C[C@@H](OC(C)=O)[C@]23C(=O)N[C@H](Cc2ccccc2)[C@@H]3[C@@H]1C. The standard InChI is InChI=1S/C30H37NO6/c1-17-10-9-13-22-26(33)19(3)18(2)25-23(16-21-11-7-6-8-12-21)31-28(35)30(22,25)24(37-20(4)32)14-15-29(5,36)27(17)34/h6-9,11-15,17-18,22-26,33,36H,3,10,16H2,1-2,4-5H3,(H,31,35)/b13-9-,15-14?/t17-,18+,22?,23+,24+,25-,26+,29+,30+/m0/s1. The molecule has 0 radical (unpaired) electrons. The maximum Gasteiger partial charge on any atom is 0.303 e. The molecular weight excluding hydrogens is 470 g/mol. The van der Waals surface area contributed by atoms with Gasteiger partial charge in [-0.05, 0) is 49.0 Å². The number of Topliss-reactive ketones (excluding diaryl/α,β-unsaturated/α-hetero) is 1. The van der Waals surface area contributed by atoms with Crippen LogP contribution < -0.4 is 5.32 Å². The van der Waals surface area contributed by atoms with Crippen LogP contribution in [0.1, 0.15) is 39.7 Å². The summed E-state index contributed by atoms with van der Waals surface area (Å²) in [5, 5.41) is 25.7. The van der Waals surface area contributed by atoms with E-state index in [-0.39, 0.29) is 23.7 Å². The Bertz CT molecular complexity index is 1140. The number of carbonyl (C=O) groups is 3. The van der Waals surface area contributed by atoms with Crippen molar-refractivity contribution in [2.45, 2.75) is 64.4 Å². The molecule has 37 heavy (non-hydrogen) atoms. The molecule has 1 spiro atoms. The molecular formula is C30H37NO6. The first-order valence-corrected chi connectivity index (χ1v) is 12.9. The van der Waals surface area contributed by atoms with Crippen molar-refractivity contribution in [3.05, 3.63) is 72.4 Å². The summed E-state index contributed by atoms with van der Waals surface area (Å²) in [6.07, 6.45) is 5.01. The van der Waals surface area contributed by atoms with E-state index >= 15 is 0 Å². The second-order valence-corrected chi connectivity index (χ2v) is 11.0. The van der Waals surface area contributed by atoms with Gasteiger partial charge in [0.05, 0.1) is 6.10 Å². The summed E-state index contributed by atoms with van der Waals surface area (Å²) in [6, 6.07) is 9.49. The fourth-order valence-corrected chi connectivity index (χ4v) is 6.68. The zero-order valence-corrected chi connectivity index (χ0v) is 21.9. The van der Waals surface area contributed by atoms with Gasteiger partial charge >= 0.3 is 5.97 Å². The lowest BCUT2D eigenvalue weighted by atomic mass is 9.51. The number of amides is 1. The highest BCUT2D eigenvalue weighted by atomic mass is 16.5. The molecule has 7 nitrogen and oxygen atoms in total. The third-order valence-electron chi connectivity index (χ3n) is 8.53. The van der Waals surface area contributed by atoms with Crippen LogP contribution in [0.2, 0.25) is 0 Å². The highest BCUT2D eigenvalue weighted by Crippen LogP contribution is 2.58. The average molecular weight is 508 g/mol. The van der Waals surface area contributed by atoms with Gasteiger partial charge in [0, 0.05) is 30.7 Å². The molecule has 2 aliphatic carbocycles. The smallest absolute Gasteiger partial charge is 0.303 e. The Morgan fingerprint density at radius 1 is 1.19 bits per heavy atom. The Morgan fingerprint density at radius 2 is 1.86 bits per heavy atom. The van der Waals surface area contributed by atoms with Crippen molar-refractivity contribution in [3.8, 4) is 0 Å². The van der Waals surface area contributed by atoms with E-state index in [1.165, 1.54) is 26.0 Å². The maximum atomic E-state index is 14.2. The molecule has 1 unspecified atom stereocenters. The van der Waals surface area contributed by atoms with Gasteiger partial charge in [-0.25, -0.2) is 0 Å². The number of esters is 1. The van der Waals surface area contributed by atoms with Gasteiger partial charge in [0.25, 0.3) is 0 Å². The Morgan fingerprint density at radius 3 is 2.51 bits per heavy atom. The topological polar surface area (TPSA) is 113 Å². The minimum atomic E-state index is -1.82. The van der Waals surface area contributed by atoms with Gasteiger partial charge in [0.15, 0.2) is 5.78 Å². The molecule has 3 N–H and O–H groups in total. The second kappa shape index (κ2) is 10.0. The van der Waals surface area contributed by atoms with E-state index in [1.807, 2.05) is 37.3 Å². The molecule has 7 heteroatoms. The Balaban J connectivity index is 1.94. The van der Waals surface area contributed by atoms with Crippen molar-refractivity contribution in [2.24, 2.45) is 29.1 Å². The fourth-order valence-electron chi connectivity index (χ4n) is 6.68. The molecule has 1 aromatic rings. The third kappa shape index (κ3) is 4.59. The summed E-state index contributed by atoms with van der Waals surface area (Å²) in [5.74, 6) is -3.26. The number of carbonyl (C=O) groups excluding carboxylic acids is 3. The van der Waals surface area contributed by atoms with Gasteiger partial charge in [0.1, 0.15) is 17.1 Å². The number of aliphatic hydroxyl groups is 2. The number of aliphatic hydroxyl groups excluding tert-OH is 1. The van der Waals surface area contributed by atoms with Crippen molar-refractivity contribution in [2.75, 3.05) is 0 Å². The first-order chi connectivity index (χ1) is 17.4. The van der Waals surface area contributed by atoms with Crippen LogP contribution in [0.5, 0.6) is 0 Å². The van der Waals surface area contributed by atoms with Crippen LogP contribution >= 0.6 is 0 Å². The number of hydrogen-bond donors (Lipinski definition) is 3. The first-order valence-electron chi connectivity index (χ1n) is 12.9. The third-order valence-corrected chi connectivity index (χ3v) is 8.53. The number of ketones is 1. The molecule has 2 fully saturated rings. The van der Waals surface area contributed by atoms with Crippen LogP contribution in [0.4, 0.5) is 0 Å². The van der Waals surface area contributed by atoms with Crippen LogP contribution in [0, 0.1) is 29.1 Å². The molecule has 1 saturated carbocycles. The summed E-state index contributed by atoms with van der Waals surface area (Å²) in [5.41, 5.74) is -1.55. The number of allylic oxidation sites excluding steroid dienone is 1. The molecule has 0 bridgehead atoms. The van der Waals surface area contributed by atoms with Crippen molar-refractivity contribution in [3.63, 3.8) is 0 Å². The zero-order chi connectivity index (χ0) is 27.1. The number of hydrogen-bond acceptors (Lipinski definition) is 6. The molecule has 1 amide bonds. The quantitative estimate of drug-likeness (QED) is 0.428. The lowest BCUT2D eigenvalue weighted by Gasteiger charge is -2.52. The fraction of sp³-hybridized carbons (Fsp3) is 0.500. The minimum Gasteiger partial charge on any atom is -0.457 e. The second-order valence-electron chi connectivity index (χ2n) is 11.0. The van der Waals surface area contributed by atoms with Gasteiger partial charge in [-0.3, -0.25) is 14.4 Å². The predicted octanol–water partition coefficient (Wildman–Crippen LogP) is 2.92. The van der Waals surface area contributed by atoms with Crippen molar-refractivity contribution < 1.29 is 29.3 Å². The molecule has 1 aromatic carbocycles. The maximum absolute atomic E-state index is 14.2. The van der Waals surface area contributed by atoms with E-state index in [2.05, 4.69) is 11.9 Å². The van der Waals surface area contributed by atoms with Gasteiger partial charge in [0.2, 0.25) is 5.91 Å². The van der Waals surface area contributed by atoms with Gasteiger partial charge < -0.3 is 20.3 Å². The zero-order valence-electron chi connectivity index (χ0n) is 21.9. The van der Waals surface area contributed by atoms with Crippen LogP contribution in [-0.4, -0.2) is 51.7 Å². The number of rotatable bonds is 3. The molecule has 9 atom stereocenters. The summed E-state index contributed by atoms with van der Waals surface area (Å²) in [4.78, 5) is 39.5. The van der Waals surface area contributed by atoms with E-state index in [0.29, 0.717) is 18.4 Å². The molecule has 198 valence electrons. The highest BCUT2D eigenvalue weighted by Gasteiger charge is 2.68. The number of nitrogens with one attached hydrogen (secondary N) is 1. The van der Waals surface area contributed by atoms with Crippen LogP contribution in [0.25, 0.3) is 0 Å². The van der Waals surface area contributed by atoms with Gasteiger partial charge in [-0.2, -0.15) is 0 Å². The molecule has 4 rings (SSSR count). The largest absolute Gasteiger partial charge is 0.457 e. The summed E-state index contributed by atoms with van der Waals surface area (Å²) >= 11 is 0. The van der Waals surface area contributed by atoms with Crippen molar-refractivity contribution in [1.82, 2.24) is 5.32 Å². The van der Waals surface area contributed by atoms with Crippen LogP contribution in [-0.2, 0) is 25.5 Å². The number of benzene rings is 1. The Labute approximate surface area is 218 Å². The Hall–Kier alpha value is -3.03. The summed E-state index contributed by atoms with van der Waals surface area (Å²) in [6.45, 7) is 10.5. The monoisotopic (exact) mass is 507 g/mol. The highest BCUT2D eigenvalue weighted by molar-refractivity contribution is 5.91. The van der Waals surface area contributed by atoms with E-state index in [0.717, 1.165) is 5.56 Å². The first kappa shape index (κ1) is 27.0. The van der Waals surface area contributed by atoms with E-state index in [9.17, 15) is 24.6 Å². The van der Waals surface area contributed by atoms with E-state index < -0.39 is 46.9 Å². The molecule has 1 heterocycles. The molecule has 1 saturated heterocycles.